The van der Waals surface area contributed by atoms with Gasteiger partial charge < -0.3 is 9.47 Å². The van der Waals surface area contributed by atoms with Gasteiger partial charge in [0.2, 0.25) is 0 Å². The second-order valence-corrected chi connectivity index (χ2v) is 7.53. The zero-order chi connectivity index (χ0) is 21.5. The summed E-state index contributed by atoms with van der Waals surface area (Å²) < 4.78 is 12.1. The van der Waals surface area contributed by atoms with Gasteiger partial charge in [0.1, 0.15) is 6.61 Å². The number of nitriles is 2. The maximum Gasteiger partial charge on any atom is 0.175 e. The Morgan fingerprint density at radius 3 is 2.47 bits per heavy atom. The summed E-state index contributed by atoms with van der Waals surface area (Å²) in [7, 11) is 1.56. The summed E-state index contributed by atoms with van der Waals surface area (Å²) in [6, 6.07) is 22.3. The third-order valence-electron chi connectivity index (χ3n) is 4.34. The number of benzene rings is 3. The van der Waals surface area contributed by atoms with E-state index in [1.807, 2.05) is 30.3 Å². The first-order chi connectivity index (χ1) is 14.5. The lowest BCUT2D eigenvalue weighted by molar-refractivity contribution is 0.282. The summed E-state index contributed by atoms with van der Waals surface area (Å²) in [4.78, 5) is 0. The van der Waals surface area contributed by atoms with Gasteiger partial charge in [0, 0.05) is 10.6 Å². The summed E-state index contributed by atoms with van der Waals surface area (Å²) in [6.07, 6.45) is 1.76. The molecule has 3 aromatic rings. The maximum absolute atomic E-state index is 9.59. The van der Waals surface area contributed by atoms with Gasteiger partial charge in [-0.15, -0.1) is 0 Å². The number of hydrogen-bond donors (Lipinski definition) is 0. The predicted octanol–water partition coefficient (Wildman–Crippen LogP) is 6.63. The van der Waals surface area contributed by atoms with E-state index in [0.717, 1.165) is 16.7 Å². The SMILES string of the molecule is COc1cc(/C=C(/C#N)c2ccc(C#N)cc2)cc(Br)c1OCc1ccccc1Cl. The van der Waals surface area contributed by atoms with Gasteiger partial charge in [0.05, 0.1) is 34.9 Å². The maximum atomic E-state index is 9.59. The molecule has 0 saturated carbocycles. The van der Waals surface area contributed by atoms with Crippen molar-refractivity contribution in [3.05, 3.63) is 92.4 Å². The summed E-state index contributed by atoms with van der Waals surface area (Å²) in [5.41, 5.74) is 3.37. The van der Waals surface area contributed by atoms with Crippen molar-refractivity contribution in [1.82, 2.24) is 0 Å². The second kappa shape index (κ2) is 9.98. The van der Waals surface area contributed by atoms with Crippen LogP contribution in [0, 0.1) is 22.7 Å². The van der Waals surface area contributed by atoms with Gasteiger partial charge in [-0.2, -0.15) is 10.5 Å². The molecule has 3 rings (SSSR count). The van der Waals surface area contributed by atoms with Crippen molar-refractivity contribution in [2.75, 3.05) is 7.11 Å². The van der Waals surface area contributed by atoms with Crippen LogP contribution in [-0.4, -0.2) is 7.11 Å². The highest BCUT2D eigenvalue weighted by atomic mass is 79.9. The number of nitrogens with zero attached hydrogens (tertiary/aromatic N) is 2. The van der Waals surface area contributed by atoms with Crippen LogP contribution < -0.4 is 9.47 Å². The van der Waals surface area contributed by atoms with Crippen LogP contribution >= 0.6 is 27.5 Å². The van der Waals surface area contributed by atoms with Crippen LogP contribution in [0.15, 0.2) is 65.1 Å². The molecule has 0 aromatic heterocycles. The van der Waals surface area contributed by atoms with Crippen LogP contribution in [0.25, 0.3) is 11.6 Å². The second-order valence-electron chi connectivity index (χ2n) is 6.27. The lowest BCUT2D eigenvalue weighted by Crippen LogP contribution is -1.99. The van der Waals surface area contributed by atoms with Crippen LogP contribution in [0.2, 0.25) is 5.02 Å². The molecule has 0 aliphatic rings. The quantitative estimate of drug-likeness (QED) is 0.294. The fraction of sp³-hybridized carbons (Fsp3) is 0.0833. The van der Waals surface area contributed by atoms with Crippen molar-refractivity contribution < 1.29 is 9.47 Å². The zero-order valence-electron chi connectivity index (χ0n) is 16.0. The Hall–Kier alpha value is -3.25. The standard InChI is InChI=1S/C24H16BrClN2O2/c1-29-23-12-17(10-20(14-28)18-8-6-16(13-27)7-9-18)11-21(25)24(23)30-15-19-4-2-3-5-22(19)26/h2-12H,15H2,1H3/b20-10-. The Balaban J connectivity index is 1.90. The van der Waals surface area contributed by atoms with Crippen LogP contribution in [-0.2, 0) is 6.61 Å². The van der Waals surface area contributed by atoms with E-state index in [1.54, 1.807) is 43.5 Å². The van der Waals surface area contributed by atoms with Gasteiger partial charge in [0.25, 0.3) is 0 Å². The van der Waals surface area contributed by atoms with Gasteiger partial charge in [-0.25, -0.2) is 0 Å². The molecule has 0 bridgehead atoms. The van der Waals surface area contributed by atoms with E-state index >= 15 is 0 Å². The Labute approximate surface area is 188 Å². The molecule has 0 saturated heterocycles. The number of halogens is 2. The van der Waals surface area contributed by atoms with Crippen LogP contribution in [0.5, 0.6) is 11.5 Å². The smallest absolute Gasteiger partial charge is 0.175 e. The highest BCUT2D eigenvalue weighted by Gasteiger charge is 2.13. The number of rotatable bonds is 6. The molecule has 0 heterocycles. The molecule has 0 N–H and O–H groups in total. The van der Waals surface area contributed by atoms with Gasteiger partial charge in [-0.3, -0.25) is 0 Å². The molecular weight excluding hydrogens is 464 g/mol. The van der Waals surface area contributed by atoms with Crippen molar-refractivity contribution in [3.63, 3.8) is 0 Å². The summed E-state index contributed by atoms with van der Waals surface area (Å²) in [5.74, 6) is 1.08. The third-order valence-corrected chi connectivity index (χ3v) is 5.30. The Morgan fingerprint density at radius 1 is 1.10 bits per heavy atom. The fourth-order valence-corrected chi connectivity index (χ4v) is 3.56. The first-order valence-electron chi connectivity index (χ1n) is 8.91. The average molecular weight is 480 g/mol. The van der Waals surface area contributed by atoms with E-state index < -0.39 is 0 Å². The van der Waals surface area contributed by atoms with E-state index in [0.29, 0.717) is 38.7 Å². The summed E-state index contributed by atoms with van der Waals surface area (Å²) >= 11 is 9.73. The molecule has 0 unspecified atom stereocenters. The summed E-state index contributed by atoms with van der Waals surface area (Å²) in [5, 5.41) is 19.2. The Kier molecular flexibility index (Phi) is 7.14. The average Bonchev–Trinajstić information content (AvgIpc) is 2.77. The molecule has 3 aromatic carbocycles. The molecular formula is C24H16BrClN2O2. The van der Waals surface area contributed by atoms with Crippen LogP contribution in [0.3, 0.4) is 0 Å². The lowest BCUT2D eigenvalue weighted by atomic mass is 10.0. The summed E-state index contributed by atoms with van der Waals surface area (Å²) in [6.45, 7) is 0.290. The highest BCUT2D eigenvalue weighted by Crippen LogP contribution is 2.38. The molecule has 0 spiro atoms. The first kappa shape index (κ1) is 21.5. The molecule has 30 heavy (non-hydrogen) atoms. The van der Waals surface area contributed by atoms with E-state index in [2.05, 4.69) is 28.1 Å². The Bertz CT molecular complexity index is 1180. The van der Waals surface area contributed by atoms with Crippen LogP contribution in [0.4, 0.5) is 0 Å². The van der Waals surface area contributed by atoms with Crippen molar-refractivity contribution >= 4 is 39.2 Å². The normalized spacial score (nSPS) is 10.8. The molecule has 6 heteroatoms. The molecule has 0 atom stereocenters. The molecule has 0 fully saturated rings. The lowest BCUT2D eigenvalue weighted by Gasteiger charge is -2.14. The van der Waals surface area contributed by atoms with Crippen molar-refractivity contribution in [2.24, 2.45) is 0 Å². The molecule has 4 nitrogen and oxygen atoms in total. The number of allylic oxidation sites excluding steroid dienone is 1. The van der Waals surface area contributed by atoms with Crippen LogP contribution in [0.1, 0.15) is 22.3 Å². The Morgan fingerprint density at radius 2 is 1.83 bits per heavy atom. The highest BCUT2D eigenvalue weighted by molar-refractivity contribution is 9.10. The number of ether oxygens (including phenoxy) is 2. The monoisotopic (exact) mass is 478 g/mol. The van der Waals surface area contributed by atoms with Gasteiger partial charge in [-0.1, -0.05) is 41.9 Å². The fourth-order valence-electron chi connectivity index (χ4n) is 2.80. The van der Waals surface area contributed by atoms with Crippen molar-refractivity contribution in [3.8, 4) is 23.6 Å². The number of methoxy groups -OCH3 is 1. The van der Waals surface area contributed by atoms with Gasteiger partial charge >= 0.3 is 0 Å². The minimum atomic E-state index is 0.290. The first-order valence-corrected chi connectivity index (χ1v) is 10.1. The third kappa shape index (κ3) is 5.02. The van der Waals surface area contributed by atoms with E-state index in [1.165, 1.54) is 0 Å². The van der Waals surface area contributed by atoms with E-state index in [-0.39, 0.29) is 0 Å². The van der Waals surface area contributed by atoms with E-state index in [4.69, 9.17) is 26.3 Å². The van der Waals surface area contributed by atoms with Gasteiger partial charge in [0.15, 0.2) is 11.5 Å². The largest absolute Gasteiger partial charge is 0.493 e. The molecule has 0 aliphatic carbocycles. The van der Waals surface area contributed by atoms with Gasteiger partial charge in [-0.05, 0) is 63.5 Å². The topological polar surface area (TPSA) is 66.0 Å². The van der Waals surface area contributed by atoms with E-state index in [9.17, 15) is 5.26 Å². The molecule has 148 valence electrons. The molecule has 0 amide bonds. The molecule has 0 aliphatic heterocycles. The zero-order valence-corrected chi connectivity index (χ0v) is 18.4. The van der Waals surface area contributed by atoms with Crippen molar-refractivity contribution in [2.45, 2.75) is 6.61 Å². The minimum Gasteiger partial charge on any atom is -0.493 e. The molecule has 0 radical (unpaired) electrons. The minimum absolute atomic E-state index is 0.290. The predicted molar refractivity (Wildman–Crippen MR) is 121 cm³/mol. The van der Waals surface area contributed by atoms with Crippen molar-refractivity contribution in [1.29, 1.82) is 10.5 Å². The number of hydrogen-bond acceptors (Lipinski definition) is 4.